The highest BCUT2D eigenvalue weighted by Crippen LogP contribution is 2.67. The van der Waals surface area contributed by atoms with Crippen LogP contribution in [-0.4, -0.2) is 11.2 Å². The van der Waals surface area contributed by atoms with Crippen molar-refractivity contribution in [1.29, 1.82) is 0 Å². The van der Waals surface area contributed by atoms with Crippen molar-refractivity contribution in [3.63, 3.8) is 0 Å². The van der Waals surface area contributed by atoms with Crippen molar-refractivity contribution in [2.75, 3.05) is 0 Å². The number of aliphatic hydroxyl groups excluding tert-OH is 1. The van der Waals surface area contributed by atoms with Gasteiger partial charge in [0, 0.05) is 0 Å². The average Bonchev–Trinajstić information content (AvgIpc) is 2.84. The molecule has 13 heavy (non-hydrogen) atoms. The summed E-state index contributed by atoms with van der Waals surface area (Å²) in [5.41, 5.74) is 0. The molecule has 4 fully saturated rings. The Labute approximate surface area is 79.5 Å². The highest BCUT2D eigenvalue weighted by molar-refractivity contribution is 5.12. The molecule has 4 saturated carbocycles. The molecule has 1 N–H and O–H groups in total. The molecule has 0 aromatic heterocycles. The van der Waals surface area contributed by atoms with Gasteiger partial charge >= 0.3 is 0 Å². The van der Waals surface area contributed by atoms with E-state index in [1.807, 2.05) is 0 Å². The van der Waals surface area contributed by atoms with E-state index in [0.717, 1.165) is 35.5 Å². The Balaban J connectivity index is 1.77. The summed E-state index contributed by atoms with van der Waals surface area (Å²) in [5.74, 6) is 5.44. The van der Waals surface area contributed by atoms with E-state index in [1.165, 1.54) is 32.1 Å². The van der Waals surface area contributed by atoms with Crippen LogP contribution >= 0.6 is 0 Å². The highest BCUT2D eigenvalue weighted by Gasteiger charge is 2.63. The van der Waals surface area contributed by atoms with Gasteiger partial charge < -0.3 is 5.11 Å². The molecule has 4 aliphatic rings. The molecule has 0 saturated heterocycles. The molecule has 0 heterocycles. The molecule has 1 nitrogen and oxygen atoms in total. The van der Waals surface area contributed by atoms with E-state index in [0.29, 0.717) is 0 Å². The van der Waals surface area contributed by atoms with Crippen LogP contribution < -0.4 is 0 Å². The summed E-state index contributed by atoms with van der Waals surface area (Å²) in [6, 6.07) is 0. The van der Waals surface area contributed by atoms with Gasteiger partial charge in [-0.15, -0.1) is 0 Å². The minimum atomic E-state index is 0.110. The minimum Gasteiger partial charge on any atom is -0.393 e. The van der Waals surface area contributed by atoms with Gasteiger partial charge in [0.25, 0.3) is 0 Å². The predicted molar refractivity (Wildman–Crippen MR) is 50.0 cm³/mol. The summed E-state index contributed by atoms with van der Waals surface area (Å²) in [6.07, 6.45) is 7.30. The molecular weight excluding hydrogens is 160 g/mol. The van der Waals surface area contributed by atoms with Crippen LogP contribution in [0.3, 0.4) is 0 Å². The SMILES string of the molecule is OC1C2CCC1C1C3CCC(C3)C21. The lowest BCUT2D eigenvalue weighted by Crippen LogP contribution is -2.27. The summed E-state index contributed by atoms with van der Waals surface area (Å²) < 4.78 is 0. The van der Waals surface area contributed by atoms with E-state index in [2.05, 4.69) is 0 Å². The van der Waals surface area contributed by atoms with Crippen LogP contribution in [0.4, 0.5) is 0 Å². The van der Waals surface area contributed by atoms with Crippen LogP contribution in [0, 0.1) is 35.5 Å². The number of aliphatic hydroxyl groups is 1. The number of fused-ring (bicyclic) bond motifs is 9. The molecule has 6 atom stereocenters. The third kappa shape index (κ3) is 0.674. The lowest BCUT2D eigenvalue weighted by molar-refractivity contribution is 0.108. The van der Waals surface area contributed by atoms with Crippen molar-refractivity contribution in [2.45, 2.75) is 38.2 Å². The van der Waals surface area contributed by atoms with Crippen LogP contribution in [0.5, 0.6) is 0 Å². The third-order valence-electron chi connectivity index (χ3n) is 5.75. The van der Waals surface area contributed by atoms with Gasteiger partial charge in [0.05, 0.1) is 6.10 Å². The van der Waals surface area contributed by atoms with E-state index >= 15 is 0 Å². The quantitative estimate of drug-likeness (QED) is 0.563. The van der Waals surface area contributed by atoms with Crippen molar-refractivity contribution in [3.8, 4) is 0 Å². The molecule has 4 bridgehead atoms. The maximum Gasteiger partial charge on any atom is 0.0602 e. The first-order valence-electron chi connectivity index (χ1n) is 6.04. The molecule has 0 aromatic rings. The van der Waals surface area contributed by atoms with Crippen molar-refractivity contribution >= 4 is 0 Å². The van der Waals surface area contributed by atoms with Gasteiger partial charge in [-0.1, -0.05) is 0 Å². The first-order chi connectivity index (χ1) is 6.36. The number of hydrogen-bond acceptors (Lipinski definition) is 1. The zero-order chi connectivity index (χ0) is 8.58. The normalized spacial score (nSPS) is 67.6. The summed E-state index contributed by atoms with van der Waals surface area (Å²) in [4.78, 5) is 0. The molecule has 1 heteroatoms. The maximum absolute atomic E-state index is 10.1. The molecule has 6 unspecified atom stereocenters. The lowest BCUT2D eigenvalue weighted by Gasteiger charge is -2.33. The van der Waals surface area contributed by atoms with Gasteiger partial charge in [-0.3, -0.25) is 0 Å². The van der Waals surface area contributed by atoms with E-state index in [4.69, 9.17) is 0 Å². The van der Waals surface area contributed by atoms with Gasteiger partial charge in [-0.25, -0.2) is 0 Å². The van der Waals surface area contributed by atoms with Gasteiger partial charge in [0.1, 0.15) is 0 Å². The van der Waals surface area contributed by atoms with E-state index in [-0.39, 0.29) is 6.10 Å². The minimum absolute atomic E-state index is 0.110. The van der Waals surface area contributed by atoms with Crippen molar-refractivity contribution in [3.05, 3.63) is 0 Å². The molecule has 4 rings (SSSR count). The summed E-state index contributed by atoms with van der Waals surface area (Å²) >= 11 is 0. The van der Waals surface area contributed by atoms with E-state index in [9.17, 15) is 5.11 Å². The van der Waals surface area contributed by atoms with Gasteiger partial charge in [-0.05, 0) is 67.6 Å². The van der Waals surface area contributed by atoms with Crippen LogP contribution in [0.1, 0.15) is 32.1 Å². The predicted octanol–water partition coefficient (Wildman–Crippen LogP) is 2.05. The smallest absolute Gasteiger partial charge is 0.0602 e. The number of rotatable bonds is 0. The maximum atomic E-state index is 10.1. The molecule has 0 aromatic carbocycles. The van der Waals surface area contributed by atoms with Crippen LogP contribution in [0.2, 0.25) is 0 Å². The molecule has 0 radical (unpaired) electrons. The summed E-state index contributed by atoms with van der Waals surface area (Å²) in [7, 11) is 0. The largest absolute Gasteiger partial charge is 0.393 e. The molecule has 0 aliphatic heterocycles. The summed E-state index contributed by atoms with van der Waals surface area (Å²) in [5, 5.41) is 10.1. The molecule has 0 spiro atoms. The van der Waals surface area contributed by atoms with Crippen molar-refractivity contribution in [1.82, 2.24) is 0 Å². The number of hydrogen-bond donors (Lipinski definition) is 1. The van der Waals surface area contributed by atoms with E-state index in [1.54, 1.807) is 0 Å². The third-order valence-corrected chi connectivity index (χ3v) is 5.75. The topological polar surface area (TPSA) is 20.2 Å². The monoisotopic (exact) mass is 178 g/mol. The van der Waals surface area contributed by atoms with Crippen LogP contribution in [-0.2, 0) is 0 Å². The average molecular weight is 178 g/mol. The van der Waals surface area contributed by atoms with Crippen molar-refractivity contribution in [2.24, 2.45) is 35.5 Å². The Morgan fingerprint density at radius 3 is 1.85 bits per heavy atom. The van der Waals surface area contributed by atoms with Gasteiger partial charge in [0.2, 0.25) is 0 Å². The Bertz CT molecular complexity index is 226. The van der Waals surface area contributed by atoms with Crippen molar-refractivity contribution < 1.29 is 5.11 Å². The zero-order valence-corrected chi connectivity index (χ0v) is 8.02. The Morgan fingerprint density at radius 2 is 1.31 bits per heavy atom. The highest BCUT2D eigenvalue weighted by atomic mass is 16.3. The Kier molecular flexibility index (Phi) is 1.19. The first kappa shape index (κ1) is 7.28. The molecular formula is C12H18O. The van der Waals surface area contributed by atoms with E-state index < -0.39 is 0 Å². The molecule has 0 amide bonds. The van der Waals surface area contributed by atoms with Crippen LogP contribution in [0.25, 0.3) is 0 Å². The lowest BCUT2D eigenvalue weighted by atomic mass is 9.71. The second-order valence-electron chi connectivity index (χ2n) is 5.88. The Morgan fingerprint density at radius 1 is 0.769 bits per heavy atom. The molecule has 72 valence electrons. The second kappa shape index (κ2) is 2.13. The second-order valence-corrected chi connectivity index (χ2v) is 5.88. The zero-order valence-electron chi connectivity index (χ0n) is 8.02. The first-order valence-corrected chi connectivity index (χ1v) is 6.04. The Hall–Kier alpha value is -0.0400. The fourth-order valence-electron chi connectivity index (χ4n) is 5.53. The van der Waals surface area contributed by atoms with Gasteiger partial charge in [-0.2, -0.15) is 0 Å². The fraction of sp³-hybridized carbons (Fsp3) is 1.00. The summed E-state index contributed by atoms with van der Waals surface area (Å²) in [6.45, 7) is 0. The molecule has 4 aliphatic carbocycles. The van der Waals surface area contributed by atoms with Crippen LogP contribution in [0.15, 0.2) is 0 Å². The fourth-order valence-corrected chi connectivity index (χ4v) is 5.53. The van der Waals surface area contributed by atoms with Gasteiger partial charge in [0.15, 0.2) is 0 Å². The standard InChI is InChI=1S/C12H18O/c13-12-8-3-4-9(12)11-7-2-1-6(5-7)10(8)11/h6-13H,1-5H2.